The molecule has 4 aliphatic carbocycles. The molecule has 6 aliphatic rings. The maximum atomic E-state index is 13.8. The van der Waals surface area contributed by atoms with Gasteiger partial charge in [0.1, 0.15) is 30.5 Å². The van der Waals surface area contributed by atoms with E-state index in [0.717, 1.165) is 0 Å². The standard InChI is InChI=1S/C41H49NO14/c1-21-19-40(48)29-15-17-36(5)27(37(29,6)32(54-23(3)43)33(55-24(4)44)38(40,7)41(31(21)56-41)35(47)51-8)16-18-39(20-52-30(45)14-13-28(36)39)22(2)53-34(46)25-11-9-10-12-26(25)42(49)50/h9-14,22,27-29,31-33,48H,1,15-20H2,2-8H3/t22?,27?,28-,29?,31+,32+,33-,36+,37+,38+,39-,40+,41-/m0/s1. The molecule has 1 N–H and O–H groups in total. The van der Waals surface area contributed by atoms with E-state index >= 15 is 0 Å². The summed E-state index contributed by atoms with van der Waals surface area (Å²) in [7, 11) is 1.21. The van der Waals surface area contributed by atoms with Gasteiger partial charge >= 0.3 is 29.8 Å². The highest BCUT2D eigenvalue weighted by Gasteiger charge is 2.90. The number of ether oxygens (including phenoxy) is 6. The first-order chi connectivity index (χ1) is 26.2. The fraction of sp³-hybridized carbons (Fsp3) is 0.634. The minimum absolute atomic E-state index is 0.00930. The normalized spacial score (nSPS) is 42.4. The number of benzene rings is 1. The van der Waals surface area contributed by atoms with Crippen molar-refractivity contribution in [3.05, 3.63) is 64.2 Å². The van der Waals surface area contributed by atoms with Crippen LogP contribution >= 0.6 is 0 Å². The van der Waals surface area contributed by atoms with Crippen molar-refractivity contribution in [1.29, 1.82) is 0 Å². The van der Waals surface area contributed by atoms with Crippen molar-refractivity contribution in [2.24, 2.45) is 39.4 Å². The van der Waals surface area contributed by atoms with Crippen LogP contribution in [0.15, 0.2) is 48.6 Å². The summed E-state index contributed by atoms with van der Waals surface area (Å²) >= 11 is 0. The Labute approximate surface area is 324 Å². The summed E-state index contributed by atoms with van der Waals surface area (Å²) in [6.45, 7) is 13.9. The lowest BCUT2D eigenvalue weighted by molar-refractivity contribution is -0.385. The van der Waals surface area contributed by atoms with E-state index in [1.54, 1.807) is 19.9 Å². The number of carbonyl (C=O) groups is 5. The third kappa shape index (κ3) is 5.04. The summed E-state index contributed by atoms with van der Waals surface area (Å²) in [6.07, 6.45) is 0.297. The van der Waals surface area contributed by atoms with Crippen molar-refractivity contribution < 1.29 is 62.4 Å². The Kier molecular flexibility index (Phi) is 9.16. The number of methoxy groups -OCH3 is 1. The van der Waals surface area contributed by atoms with Crippen LogP contribution in [0.4, 0.5) is 5.69 Å². The number of carbonyl (C=O) groups excluding carboxylic acids is 5. The van der Waals surface area contributed by atoms with E-state index in [2.05, 4.69) is 13.5 Å². The van der Waals surface area contributed by atoms with E-state index < -0.39 is 115 Å². The monoisotopic (exact) mass is 779 g/mol. The highest BCUT2D eigenvalue weighted by Crippen LogP contribution is 2.78. The molecule has 0 amide bonds. The summed E-state index contributed by atoms with van der Waals surface area (Å²) in [4.78, 5) is 77.8. The SMILES string of the molecule is C=C1C[C@@]2(O)C3CC[C@]4(C)C(CC[C@@]5(C(C)OC(=O)c6ccccc6[N+](=O)[O-])COC(=O)C=C[C@H]54)[C@@]3(C)[C@H](OC(C)=O)[C@H](OC(C)=O)[C@@]2(C)[C@]2(C(=O)OC)O[C@H]12. The molecule has 7 rings (SSSR count). The maximum absolute atomic E-state index is 13.8. The lowest BCUT2D eigenvalue weighted by Gasteiger charge is -2.73. The molecular weight excluding hydrogens is 730 g/mol. The number of aliphatic hydroxyl groups is 1. The summed E-state index contributed by atoms with van der Waals surface area (Å²) in [5.41, 5.74) is -8.31. The fourth-order valence-electron chi connectivity index (χ4n) is 12.7. The molecule has 15 nitrogen and oxygen atoms in total. The second-order valence-corrected chi connectivity index (χ2v) is 17.3. The molecule has 0 bridgehead atoms. The molecule has 0 radical (unpaired) electrons. The van der Waals surface area contributed by atoms with Crippen LogP contribution in [0, 0.1) is 49.5 Å². The molecule has 2 heterocycles. The number of esters is 5. The van der Waals surface area contributed by atoms with Gasteiger partial charge in [-0.3, -0.25) is 19.7 Å². The van der Waals surface area contributed by atoms with Gasteiger partial charge in [-0.1, -0.05) is 38.6 Å². The summed E-state index contributed by atoms with van der Waals surface area (Å²) in [6, 6.07) is 5.51. The highest BCUT2D eigenvalue weighted by atomic mass is 16.7. The predicted molar refractivity (Wildman–Crippen MR) is 193 cm³/mol. The van der Waals surface area contributed by atoms with Crippen molar-refractivity contribution in [1.82, 2.24) is 0 Å². The zero-order valence-electron chi connectivity index (χ0n) is 32.7. The number of rotatable bonds is 7. The number of fused-ring (bicyclic) bond motifs is 9. The quantitative estimate of drug-likeness (QED) is 0.100. The molecule has 4 saturated carbocycles. The number of epoxide rings is 1. The van der Waals surface area contributed by atoms with Crippen LogP contribution in [-0.2, 0) is 47.6 Å². The first-order valence-electron chi connectivity index (χ1n) is 19.0. The minimum Gasteiger partial charge on any atom is -0.467 e. The van der Waals surface area contributed by atoms with Gasteiger partial charge in [0.2, 0.25) is 5.60 Å². The molecule has 1 aromatic rings. The Morgan fingerprint density at radius 3 is 2.30 bits per heavy atom. The van der Waals surface area contributed by atoms with Crippen molar-refractivity contribution in [2.45, 2.75) is 109 Å². The van der Waals surface area contributed by atoms with Crippen LogP contribution < -0.4 is 0 Å². The van der Waals surface area contributed by atoms with Crippen LogP contribution in [0.25, 0.3) is 0 Å². The van der Waals surface area contributed by atoms with Gasteiger partial charge < -0.3 is 33.5 Å². The van der Waals surface area contributed by atoms with E-state index in [9.17, 15) is 39.2 Å². The van der Waals surface area contributed by atoms with E-state index in [4.69, 9.17) is 28.4 Å². The zero-order valence-corrected chi connectivity index (χ0v) is 32.7. The Morgan fingerprint density at radius 1 is 1.02 bits per heavy atom. The molecule has 1 saturated heterocycles. The average Bonchev–Trinajstić information content (AvgIpc) is 3.93. The van der Waals surface area contributed by atoms with Crippen LogP contribution in [0.1, 0.15) is 84.0 Å². The summed E-state index contributed by atoms with van der Waals surface area (Å²) in [5.74, 6) is -5.23. The minimum atomic E-state index is -1.79. The zero-order chi connectivity index (χ0) is 41.0. The van der Waals surface area contributed by atoms with Crippen LogP contribution in [-0.4, -0.2) is 89.2 Å². The van der Waals surface area contributed by atoms with E-state index in [1.165, 1.54) is 51.3 Å². The Hall–Kier alpha value is -4.63. The highest BCUT2D eigenvalue weighted by molar-refractivity contribution is 5.94. The number of cyclic esters (lactones) is 1. The van der Waals surface area contributed by atoms with Gasteiger partial charge in [-0.05, 0) is 74.3 Å². The number of hydrogen-bond acceptors (Lipinski definition) is 14. The number of allylic oxidation sites excluding steroid dienone is 1. The molecule has 302 valence electrons. The van der Waals surface area contributed by atoms with Crippen molar-refractivity contribution in [3.8, 4) is 0 Å². The lowest BCUT2D eigenvalue weighted by Crippen LogP contribution is -2.82. The number of hydrogen-bond donors (Lipinski definition) is 1. The molecule has 3 unspecified atom stereocenters. The van der Waals surface area contributed by atoms with Crippen molar-refractivity contribution in [2.75, 3.05) is 13.7 Å². The topological polar surface area (TPSA) is 207 Å². The molecular formula is C41H49NO14. The largest absolute Gasteiger partial charge is 0.467 e. The number of nitro groups is 1. The van der Waals surface area contributed by atoms with Crippen LogP contribution in [0.5, 0.6) is 0 Å². The third-order valence-corrected chi connectivity index (χ3v) is 15.1. The van der Waals surface area contributed by atoms with Gasteiger partial charge in [0, 0.05) is 43.2 Å². The van der Waals surface area contributed by atoms with Crippen molar-refractivity contribution in [3.63, 3.8) is 0 Å². The first-order valence-corrected chi connectivity index (χ1v) is 19.0. The second-order valence-electron chi connectivity index (χ2n) is 17.3. The second kappa shape index (κ2) is 12.9. The van der Waals surface area contributed by atoms with Gasteiger partial charge in [-0.15, -0.1) is 0 Å². The lowest BCUT2D eigenvalue weighted by atomic mass is 9.32. The van der Waals surface area contributed by atoms with Crippen LogP contribution in [0.2, 0.25) is 0 Å². The fourth-order valence-corrected chi connectivity index (χ4v) is 12.7. The third-order valence-electron chi connectivity index (χ3n) is 15.1. The smallest absolute Gasteiger partial charge is 0.345 e. The van der Waals surface area contributed by atoms with Gasteiger partial charge in [0.15, 0.2) is 6.10 Å². The van der Waals surface area contributed by atoms with Crippen molar-refractivity contribution >= 4 is 35.5 Å². The van der Waals surface area contributed by atoms with Gasteiger partial charge in [0.25, 0.3) is 5.69 Å². The first kappa shape index (κ1) is 39.6. The van der Waals surface area contributed by atoms with Gasteiger partial charge in [-0.2, -0.15) is 0 Å². The predicted octanol–water partition coefficient (Wildman–Crippen LogP) is 4.57. The number of nitrogens with zero attached hydrogens (tertiary/aromatic N) is 1. The van der Waals surface area contributed by atoms with Gasteiger partial charge in [0.05, 0.1) is 23.0 Å². The maximum Gasteiger partial charge on any atom is 0.345 e. The summed E-state index contributed by atoms with van der Waals surface area (Å²) < 4.78 is 35.7. The number of para-hydroxylation sites is 1. The Balaban J connectivity index is 1.37. The average molecular weight is 780 g/mol. The molecule has 15 heteroatoms. The summed E-state index contributed by atoms with van der Waals surface area (Å²) in [5, 5.41) is 25.3. The van der Waals surface area contributed by atoms with E-state index in [1.807, 2.05) is 6.92 Å². The Bertz CT molecular complexity index is 1960. The molecule has 13 atom stereocenters. The van der Waals surface area contributed by atoms with E-state index in [0.29, 0.717) is 31.3 Å². The molecule has 1 aromatic carbocycles. The molecule has 5 fully saturated rings. The van der Waals surface area contributed by atoms with Gasteiger partial charge in [-0.25, -0.2) is 14.4 Å². The molecule has 0 spiro atoms. The van der Waals surface area contributed by atoms with E-state index in [-0.39, 0.29) is 18.6 Å². The molecule has 56 heavy (non-hydrogen) atoms. The van der Waals surface area contributed by atoms with Crippen LogP contribution in [0.3, 0.4) is 0 Å². The molecule has 0 aromatic heterocycles. The Morgan fingerprint density at radius 2 is 1.66 bits per heavy atom. The number of nitro benzene ring substituents is 1. The molecule has 2 aliphatic heterocycles.